The summed E-state index contributed by atoms with van der Waals surface area (Å²) in [5.41, 5.74) is 9.14. The molecule has 106 valence electrons. The lowest BCUT2D eigenvalue weighted by Gasteiger charge is -2.17. The molecule has 0 spiro atoms. The fourth-order valence-corrected chi connectivity index (χ4v) is 1.96. The molecule has 6 nitrogen and oxygen atoms in total. The SMILES string of the molecule is Cc1nn(CC(=O)N(C)Cc2ccncc2)c(C)c1N. The maximum absolute atomic E-state index is 12.2. The van der Waals surface area contributed by atoms with Gasteiger partial charge in [0.25, 0.3) is 0 Å². The Morgan fingerprint density at radius 1 is 1.35 bits per heavy atom. The Morgan fingerprint density at radius 2 is 2.00 bits per heavy atom. The minimum atomic E-state index is -0.00703. The number of likely N-dealkylation sites (N-methyl/N-ethyl adjacent to an activating group) is 1. The fourth-order valence-electron chi connectivity index (χ4n) is 1.96. The van der Waals surface area contributed by atoms with E-state index in [4.69, 9.17) is 5.73 Å². The van der Waals surface area contributed by atoms with Gasteiger partial charge >= 0.3 is 0 Å². The summed E-state index contributed by atoms with van der Waals surface area (Å²) in [4.78, 5) is 17.8. The van der Waals surface area contributed by atoms with E-state index in [1.165, 1.54) is 0 Å². The van der Waals surface area contributed by atoms with Crippen LogP contribution in [-0.2, 0) is 17.9 Å². The maximum atomic E-state index is 12.2. The van der Waals surface area contributed by atoms with Gasteiger partial charge in [0, 0.05) is 26.0 Å². The molecular formula is C14H19N5O. The van der Waals surface area contributed by atoms with Crippen molar-refractivity contribution < 1.29 is 4.79 Å². The summed E-state index contributed by atoms with van der Waals surface area (Å²) in [6.07, 6.45) is 3.44. The van der Waals surface area contributed by atoms with Gasteiger partial charge in [0.1, 0.15) is 6.54 Å². The minimum Gasteiger partial charge on any atom is -0.396 e. The zero-order valence-electron chi connectivity index (χ0n) is 12.0. The van der Waals surface area contributed by atoms with Crippen LogP contribution in [0.2, 0.25) is 0 Å². The molecule has 0 aromatic carbocycles. The van der Waals surface area contributed by atoms with E-state index in [0.29, 0.717) is 12.2 Å². The van der Waals surface area contributed by atoms with Crippen LogP contribution in [0.1, 0.15) is 17.0 Å². The molecule has 2 aromatic heterocycles. The van der Waals surface area contributed by atoms with Gasteiger partial charge in [-0.15, -0.1) is 0 Å². The summed E-state index contributed by atoms with van der Waals surface area (Å²) in [6, 6.07) is 3.79. The van der Waals surface area contributed by atoms with Crippen molar-refractivity contribution in [1.82, 2.24) is 19.7 Å². The summed E-state index contributed by atoms with van der Waals surface area (Å²) < 4.78 is 1.65. The van der Waals surface area contributed by atoms with Crippen LogP contribution >= 0.6 is 0 Å². The van der Waals surface area contributed by atoms with E-state index in [1.54, 1.807) is 29.0 Å². The molecule has 0 saturated carbocycles. The number of hydrogen-bond donors (Lipinski definition) is 1. The number of nitrogens with zero attached hydrogens (tertiary/aromatic N) is 4. The molecule has 0 bridgehead atoms. The number of hydrogen-bond acceptors (Lipinski definition) is 4. The van der Waals surface area contributed by atoms with Gasteiger partial charge in [0.2, 0.25) is 5.91 Å². The normalized spacial score (nSPS) is 10.6. The van der Waals surface area contributed by atoms with Crippen LogP contribution in [0.4, 0.5) is 5.69 Å². The van der Waals surface area contributed by atoms with Gasteiger partial charge < -0.3 is 10.6 Å². The van der Waals surface area contributed by atoms with Crippen molar-refractivity contribution in [2.75, 3.05) is 12.8 Å². The van der Waals surface area contributed by atoms with Crippen LogP contribution in [0.5, 0.6) is 0 Å². The number of nitrogen functional groups attached to an aromatic ring is 1. The predicted octanol–water partition coefficient (Wildman–Crippen LogP) is 1.14. The highest BCUT2D eigenvalue weighted by Gasteiger charge is 2.14. The Balaban J connectivity index is 2.02. The lowest BCUT2D eigenvalue weighted by atomic mass is 10.2. The van der Waals surface area contributed by atoms with Crippen molar-refractivity contribution in [3.05, 3.63) is 41.5 Å². The third kappa shape index (κ3) is 2.96. The quantitative estimate of drug-likeness (QED) is 0.906. The molecule has 6 heteroatoms. The lowest BCUT2D eigenvalue weighted by Crippen LogP contribution is -2.30. The Morgan fingerprint density at radius 3 is 2.55 bits per heavy atom. The van der Waals surface area contributed by atoms with E-state index in [2.05, 4.69) is 10.1 Å². The van der Waals surface area contributed by atoms with Gasteiger partial charge in [-0.2, -0.15) is 5.10 Å². The number of anilines is 1. The van der Waals surface area contributed by atoms with Crippen molar-refractivity contribution in [2.45, 2.75) is 26.9 Å². The second-order valence-electron chi connectivity index (χ2n) is 4.85. The second-order valence-corrected chi connectivity index (χ2v) is 4.85. The molecule has 1 amide bonds. The van der Waals surface area contributed by atoms with E-state index < -0.39 is 0 Å². The van der Waals surface area contributed by atoms with Crippen molar-refractivity contribution in [2.24, 2.45) is 0 Å². The molecule has 0 aliphatic heterocycles. The first-order valence-electron chi connectivity index (χ1n) is 6.41. The van der Waals surface area contributed by atoms with E-state index in [-0.39, 0.29) is 12.5 Å². The van der Waals surface area contributed by atoms with Crippen molar-refractivity contribution >= 4 is 11.6 Å². The van der Waals surface area contributed by atoms with Gasteiger partial charge in [0.05, 0.1) is 17.1 Å². The molecule has 2 N–H and O–H groups in total. The van der Waals surface area contributed by atoms with Crippen molar-refractivity contribution in [1.29, 1.82) is 0 Å². The smallest absolute Gasteiger partial charge is 0.244 e. The van der Waals surface area contributed by atoms with Gasteiger partial charge in [-0.25, -0.2) is 0 Å². The number of carbonyl (C=O) groups excluding carboxylic acids is 1. The molecule has 0 aliphatic rings. The van der Waals surface area contributed by atoms with Gasteiger partial charge in [-0.05, 0) is 31.5 Å². The topological polar surface area (TPSA) is 77.0 Å². The highest BCUT2D eigenvalue weighted by molar-refractivity contribution is 5.76. The summed E-state index contributed by atoms with van der Waals surface area (Å²) in [5.74, 6) is -0.00703. The number of rotatable bonds is 4. The van der Waals surface area contributed by atoms with E-state index in [9.17, 15) is 4.79 Å². The first kappa shape index (κ1) is 14.0. The molecule has 0 saturated heterocycles. The van der Waals surface area contributed by atoms with Gasteiger partial charge in [-0.3, -0.25) is 14.5 Å². The summed E-state index contributed by atoms with van der Waals surface area (Å²) >= 11 is 0. The van der Waals surface area contributed by atoms with Crippen LogP contribution in [0.25, 0.3) is 0 Å². The Bertz CT molecular complexity index is 606. The average Bonchev–Trinajstić information content (AvgIpc) is 2.67. The van der Waals surface area contributed by atoms with Crippen LogP contribution in [0, 0.1) is 13.8 Å². The van der Waals surface area contributed by atoms with Crippen LogP contribution in [0.3, 0.4) is 0 Å². The molecule has 0 unspecified atom stereocenters. The average molecular weight is 273 g/mol. The number of nitrogens with two attached hydrogens (primary N) is 1. The lowest BCUT2D eigenvalue weighted by molar-refractivity contribution is -0.131. The number of pyridine rings is 1. The molecule has 0 radical (unpaired) electrons. The number of carbonyl (C=O) groups is 1. The van der Waals surface area contributed by atoms with Crippen LogP contribution in [0.15, 0.2) is 24.5 Å². The summed E-state index contributed by atoms with van der Waals surface area (Å²) in [6.45, 7) is 4.46. The zero-order valence-corrected chi connectivity index (χ0v) is 12.0. The monoisotopic (exact) mass is 273 g/mol. The number of aromatic nitrogens is 3. The van der Waals surface area contributed by atoms with Gasteiger partial charge in [0.15, 0.2) is 0 Å². The van der Waals surface area contributed by atoms with Crippen LogP contribution < -0.4 is 5.73 Å². The van der Waals surface area contributed by atoms with Crippen molar-refractivity contribution in [3.8, 4) is 0 Å². The third-order valence-corrected chi connectivity index (χ3v) is 3.32. The Labute approximate surface area is 118 Å². The molecule has 0 aliphatic carbocycles. The Kier molecular flexibility index (Phi) is 4.02. The summed E-state index contributed by atoms with van der Waals surface area (Å²) in [7, 11) is 1.78. The molecule has 0 atom stereocenters. The largest absolute Gasteiger partial charge is 0.396 e. The molecule has 20 heavy (non-hydrogen) atoms. The van der Waals surface area contributed by atoms with Crippen molar-refractivity contribution in [3.63, 3.8) is 0 Å². The third-order valence-electron chi connectivity index (χ3n) is 3.32. The van der Waals surface area contributed by atoms with E-state index >= 15 is 0 Å². The molecule has 2 heterocycles. The summed E-state index contributed by atoms with van der Waals surface area (Å²) in [5, 5.41) is 4.27. The van der Waals surface area contributed by atoms with E-state index in [0.717, 1.165) is 17.0 Å². The second kappa shape index (κ2) is 5.73. The Hall–Kier alpha value is -2.37. The van der Waals surface area contributed by atoms with Crippen LogP contribution in [-0.4, -0.2) is 32.6 Å². The maximum Gasteiger partial charge on any atom is 0.244 e. The number of aryl methyl sites for hydroxylation is 1. The van der Waals surface area contributed by atoms with E-state index in [1.807, 2.05) is 26.0 Å². The standard InChI is InChI=1S/C14H19N5O/c1-10-14(15)11(2)19(17-10)9-13(20)18(3)8-12-4-6-16-7-5-12/h4-7H,8-9,15H2,1-3H3. The zero-order chi connectivity index (χ0) is 14.7. The molecular weight excluding hydrogens is 254 g/mol. The highest BCUT2D eigenvalue weighted by atomic mass is 16.2. The molecule has 2 rings (SSSR count). The molecule has 0 fully saturated rings. The highest BCUT2D eigenvalue weighted by Crippen LogP contribution is 2.14. The molecule has 2 aromatic rings. The minimum absolute atomic E-state index is 0.00703. The first-order valence-corrected chi connectivity index (χ1v) is 6.41. The van der Waals surface area contributed by atoms with Gasteiger partial charge in [-0.1, -0.05) is 0 Å². The first-order chi connectivity index (χ1) is 9.49. The fraction of sp³-hybridized carbons (Fsp3) is 0.357. The predicted molar refractivity (Wildman–Crippen MR) is 76.8 cm³/mol. The number of amides is 1.